The molecule has 0 aromatic heterocycles. The summed E-state index contributed by atoms with van der Waals surface area (Å²) in [6.07, 6.45) is 2.78. The standard InChI is InChI=1S/C16H22N2O2/c1-5-6-7-15(19)18-13-8-9-14(12(4)10-13)16(20)17-11(2)3/h5,8-11H,1,6-7H2,2-4H3,(H,17,20)(H,18,19). The van der Waals surface area contributed by atoms with E-state index in [1.807, 2.05) is 20.8 Å². The summed E-state index contributed by atoms with van der Waals surface area (Å²) in [7, 11) is 0. The molecule has 0 fully saturated rings. The zero-order valence-corrected chi connectivity index (χ0v) is 12.3. The van der Waals surface area contributed by atoms with Crippen molar-refractivity contribution >= 4 is 17.5 Å². The van der Waals surface area contributed by atoms with Crippen LogP contribution < -0.4 is 10.6 Å². The number of hydrogen-bond donors (Lipinski definition) is 2. The van der Waals surface area contributed by atoms with E-state index in [1.54, 1.807) is 24.3 Å². The van der Waals surface area contributed by atoms with Gasteiger partial charge in [0.05, 0.1) is 0 Å². The average molecular weight is 274 g/mol. The highest BCUT2D eigenvalue weighted by atomic mass is 16.2. The van der Waals surface area contributed by atoms with Crippen LogP contribution >= 0.6 is 0 Å². The van der Waals surface area contributed by atoms with E-state index in [0.29, 0.717) is 24.1 Å². The van der Waals surface area contributed by atoms with E-state index in [0.717, 1.165) is 5.56 Å². The van der Waals surface area contributed by atoms with Crippen molar-refractivity contribution in [3.05, 3.63) is 42.0 Å². The van der Waals surface area contributed by atoms with Crippen molar-refractivity contribution in [3.8, 4) is 0 Å². The second-order valence-corrected chi connectivity index (χ2v) is 5.03. The number of carbonyl (C=O) groups excluding carboxylic acids is 2. The van der Waals surface area contributed by atoms with Crippen molar-refractivity contribution in [2.45, 2.75) is 39.7 Å². The molecule has 0 atom stereocenters. The minimum absolute atomic E-state index is 0.0521. The van der Waals surface area contributed by atoms with Gasteiger partial charge < -0.3 is 10.6 Å². The Morgan fingerprint density at radius 2 is 2.05 bits per heavy atom. The Labute approximate surface area is 120 Å². The van der Waals surface area contributed by atoms with Gasteiger partial charge in [0.1, 0.15) is 0 Å². The molecule has 0 spiro atoms. The van der Waals surface area contributed by atoms with Gasteiger partial charge in [0.15, 0.2) is 0 Å². The molecular formula is C16H22N2O2. The smallest absolute Gasteiger partial charge is 0.251 e. The second kappa shape index (κ2) is 7.48. The number of allylic oxidation sites excluding steroid dienone is 1. The number of aryl methyl sites for hydroxylation is 1. The van der Waals surface area contributed by atoms with Gasteiger partial charge in [-0.2, -0.15) is 0 Å². The maximum atomic E-state index is 11.9. The van der Waals surface area contributed by atoms with Gasteiger partial charge in [-0.3, -0.25) is 9.59 Å². The van der Waals surface area contributed by atoms with Crippen LogP contribution in [0.1, 0.15) is 42.6 Å². The molecule has 2 amide bonds. The van der Waals surface area contributed by atoms with Crippen LogP contribution in [0.3, 0.4) is 0 Å². The zero-order valence-electron chi connectivity index (χ0n) is 12.3. The van der Waals surface area contributed by atoms with E-state index in [4.69, 9.17) is 0 Å². The molecule has 4 heteroatoms. The summed E-state index contributed by atoms with van der Waals surface area (Å²) >= 11 is 0. The highest BCUT2D eigenvalue weighted by Gasteiger charge is 2.11. The number of rotatable bonds is 6. The number of amides is 2. The van der Waals surface area contributed by atoms with E-state index < -0.39 is 0 Å². The van der Waals surface area contributed by atoms with Crippen LogP contribution in [0.25, 0.3) is 0 Å². The number of nitrogens with one attached hydrogen (secondary N) is 2. The predicted octanol–water partition coefficient (Wildman–Crippen LogP) is 3.04. The van der Waals surface area contributed by atoms with Crippen molar-refractivity contribution in [1.82, 2.24) is 5.32 Å². The Kier molecular flexibility index (Phi) is 5.97. The third-order valence-electron chi connectivity index (χ3n) is 2.75. The first-order valence-corrected chi connectivity index (χ1v) is 6.76. The highest BCUT2D eigenvalue weighted by Crippen LogP contribution is 2.16. The third kappa shape index (κ3) is 4.88. The first kappa shape index (κ1) is 16.0. The molecule has 0 bridgehead atoms. The lowest BCUT2D eigenvalue weighted by Gasteiger charge is -2.12. The van der Waals surface area contributed by atoms with E-state index in [-0.39, 0.29) is 17.9 Å². The first-order chi connectivity index (χ1) is 9.43. The molecular weight excluding hydrogens is 252 g/mol. The summed E-state index contributed by atoms with van der Waals surface area (Å²) in [5.74, 6) is -0.147. The number of anilines is 1. The monoisotopic (exact) mass is 274 g/mol. The van der Waals surface area contributed by atoms with Crippen molar-refractivity contribution in [2.75, 3.05) is 5.32 Å². The van der Waals surface area contributed by atoms with Gasteiger partial charge in [-0.25, -0.2) is 0 Å². The van der Waals surface area contributed by atoms with Crippen LogP contribution in [0.4, 0.5) is 5.69 Å². The fourth-order valence-corrected chi connectivity index (χ4v) is 1.79. The quantitative estimate of drug-likeness (QED) is 0.783. The molecule has 0 heterocycles. The fourth-order valence-electron chi connectivity index (χ4n) is 1.79. The summed E-state index contributed by atoms with van der Waals surface area (Å²) < 4.78 is 0. The predicted molar refractivity (Wildman–Crippen MR) is 81.8 cm³/mol. The van der Waals surface area contributed by atoms with Crippen LogP contribution in [0.15, 0.2) is 30.9 Å². The lowest BCUT2D eigenvalue weighted by Crippen LogP contribution is -2.30. The summed E-state index contributed by atoms with van der Waals surface area (Å²) in [5.41, 5.74) is 2.17. The Balaban J connectivity index is 2.75. The normalized spacial score (nSPS) is 10.2. The zero-order chi connectivity index (χ0) is 15.1. The van der Waals surface area contributed by atoms with Crippen LogP contribution in [-0.2, 0) is 4.79 Å². The van der Waals surface area contributed by atoms with E-state index >= 15 is 0 Å². The molecule has 0 saturated carbocycles. The maximum Gasteiger partial charge on any atom is 0.251 e. The SMILES string of the molecule is C=CCCC(=O)Nc1ccc(C(=O)NC(C)C)c(C)c1. The molecule has 2 N–H and O–H groups in total. The van der Waals surface area contributed by atoms with Gasteiger partial charge >= 0.3 is 0 Å². The van der Waals surface area contributed by atoms with Gasteiger partial charge in [-0.15, -0.1) is 6.58 Å². The fraction of sp³-hybridized carbons (Fsp3) is 0.375. The Morgan fingerprint density at radius 1 is 1.35 bits per heavy atom. The van der Waals surface area contributed by atoms with Crippen LogP contribution in [-0.4, -0.2) is 17.9 Å². The van der Waals surface area contributed by atoms with Gasteiger partial charge in [0.25, 0.3) is 5.91 Å². The lowest BCUT2D eigenvalue weighted by atomic mass is 10.1. The van der Waals surface area contributed by atoms with Crippen molar-refractivity contribution in [3.63, 3.8) is 0 Å². The van der Waals surface area contributed by atoms with E-state index in [2.05, 4.69) is 17.2 Å². The molecule has 1 rings (SSSR count). The molecule has 0 radical (unpaired) electrons. The second-order valence-electron chi connectivity index (χ2n) is 5.03. The minimum Gasteiger partial charge on any atom is -0.350 e. The molecule has 1 aromatic carbocycles. The van der Waals surface area contributed by atoms with Crippen LogP contribution in [0.5, 0.6) is 0 Å². The maximum absolute atomic E-state index is 11.9. The topological polar surface area (TPSA) is 58.2 Å². The summed E-state index contributed by atoms with van der Waals surface area (Å²) in [6.45, 7) is 9.28. The van der Waals surface area contributed by atoms with Crippen molar-refractivity contribution < 1.29 is 9.59 Å². The van der Waals surface area contributed by atoms with Crippen molar-refractivity contribution in [1.29, 1.82) is 0 Å². The summed E-state index contributed by atoms with van der Waals surface area (Å²) in [5, 5.41) is 5.66. The molecule has 0 saturated heterocycles. The Bertz CT molecular complexity index is 507. The Morgan fingerprint density at radius 3 is 2.60 bits per heavy atom. The van der Waals surface area contributed by atoms with Gasteiger partial charge in [-0.1, -0.05) is 6.08 Å². The van der Waals surface area contributed by atoms with Gasteiger partial charge in [-0.05, 0) is 51.0 Å². The van der Waals surface area contributed by atoms with Crippen LogP contribution in [0.2, 0.25) is 0 Å². The average Bonchev–Trinajstić information content (AvgIpc) is 2.35. The first-order valence-electron chi connectivity index (χ1n) is 6.76. The van der Waals surface area contributed by atoms with Gasteiger partial charge in [0.2, 0.25) is 5.91 Å². The molecule has 0 unspecified atom stereocenters. The van der Waals surface area contributed by atoms with E-state index in [1.165, 1.54) is 0 Å². The molecule has 108 valence electrons. The van der Waals surface area contributed by atoms with Crippen LogP contribution in [0, 0.1) is 6.92 Å². The number of carbonyl (C=O) groups is 2. The summed E-state index contributed by atoms with van der Waals surface area (Å²) in [6, 6.07) is 5.38. The third-order valence-corrected chi connectivity index (χ3v) is 2.75. The van der Waals surface area contributed by atoms with Gasteiger partial charge in [0, 0.05) is 23.7 Å². The van der Waals surface area contributed by atoms with E-state index in [9.17, 15) is 9.59 Å². The molecule has 0 aliphatic carbocycles. The Hall–Kier alpha value is -2.10. The largest absolute Gasteiger partial charge is 0.350 e. The molecule has 20 heavy (non-hydrogen) atoms. The molecule has 4 nitrogen and oxygen atoms in total. The minimum atomic E-state index is -0.0953. The number of benzene rings is 1. The molecule has 1 aromatic rings. The molecule has 0 aliphatic rings. The number of hydrogen-bond acceptors (Lipinski definition) is 2. The summed E-state index contributed by atoms with van der Waals surface area (Å²) in [4.78, 5) is 23.6. The van der Waals surface area contributed by atoms with Crippen molar-refractivity contribution in [2.24, 2.45) is 0 Å². The molecule has 0 aliphatic heterocycles. The lowest BCUT2D eigenvalue weighted by molar-refractivity contribution is -0.116. The highest BCUT2D eigenvalue weighted by molar-refractivity contribution is 5.97.